The number of rotatable bonds is 8. The van der Waals surface area contributed by atoms with Crippen LogP contribution in [-0.4, -0.2) is 57.0 Å². The molecule has 12 unspecified atom stereocenters. The predicted octanol–water partition coefficient (Wildman–Crippen LogP) is 4.54. The van der Waals surface area contributed by atoms with Crippen LogP contribution in [0, 0.1) is 57.7 Å². The van der Waals surface area contributed by atoms with Gasteiger partial charge < -0.3 is 26.2 Å². The number of carbonyl (C=O) groups is 2. The zero-order chi connectivity index (χ0) is 29.0. The van der Waals surface area contributed by atoms with Crippen LogP contribution < -0.4 is 5.73 Å². The van der Waals surface area contributed by atoms with E-state index in [0.29, 0.717) is 31.6 Å². The minimum absolute atomic E-state index is 0.0471. The van der Waals surface area contributed by atoms with Gasteiger partial charge in [0.15, 0.2) is 0 Å². The highest BCUT2D eigenvalue weighted by Gasteiger charge is 2.65. The van der Waals surface area contributed by atoms with Crippen molar-refractivity contribution in [1.29, 1.82) is 0 Å². The summed E-state index contributed by atoms with van der Waals surface area (Å²) in [5.41, 5.74) is 5.22. The fourth-order valence-corrected chi connectivity index (χ4v) is 11.5. The molecule has 0 bridgehead atoms. The Hall–Kier alpha value is -1.02. The van der Waals surface area contributed by atoms with E-state index in [4.69, 9.17) is 5.73 Å². The molecule has 228 valence electrons. The Bertz CT molecular complexity index is 949. The van der Waals surface area contributed by atoms with Crippen molar-refractivity contribution in [3.63, 3.8) is 0 Å². The summed E-state index contributed by atoms with van der Waals surface area (Å²) < 4.78 is 0. The average molecular weight is 562 g/mol. The quantitative estimate of drug-likeness (QED) is 0.274. The number of nitrogens with two attached hydrogens (primary N) is 1. The summed E-state index contributed by atoms with van der Waals surface area (Å²) in [4.78, 5) is 25.8. The molecule has 6 N–H and O–H groups in total. The molecule has 0 aromatic rings. The van der Waals surface area contributed by atoms with Gasteiger partial charge in [0.05, 0.1) is 18.3 Å². The summed E-state index contributed by atoms with van der Waals surface area (Å²) in [7, 11) is 0. The Morgan fingerprint density at radius 3 is 2.27 bits per heavy atom. The van der Waals surface area contributed by atoms with Crippen molar-refractivity contribution in [1.82, 2.24) is 0 Å². The largest absolute Gasteiger partial charge is 0.481 e. The highest BCUT2D eigenvalue weighted by Crippen LogP contribution is 2.68. The Morgan fingerprint density at radius 2 is 1.62 bits per heavy atom. The molecule has 0 aliphatic heterocycles. The van der Waals surface area contributed by atoms with Gasteiger partial charge in [-0.3, -0.25) is 9.59 Å². The fraction of sp³-hybridized carbons (Fsp3) is 0.939. The molecule has 5 aliphatic rings. The summed E-state index contributed by atoms with van der Waals surface area (Å²) >= 11 is 0. The molecular formula is C33H55NO6. The number of aliphatic hydroxyl groups is 3. The molecule has 0 aromatic carbocycles. The van der Waals surface area contributed by atoms with Gasteiger partial charge >= 0.3 is 5.97 Å². The topological polar surface area (TPSA) is 141 Å². The van der Waals surface area contributed by atoms with E-state index in [9.17, 15) is 30.0 Å². The molecule has 0 radical (unpaired) electrons. The van der Waals surface area contributed by atoms with E-state index in [0.717, 1.165) is 57.8 Å². The van der Waals surface area contributed by atoms with Gasteiger partial charge in [0.25, 0.3) is 0 Å². The Kier molecular flexibility index (Phi) is 8.55. The van der Waals surface area contributed by atoms with Crippen LogP contribution in [0.4, 0.5) is 0 Å². The first-order chi connectivity index (χ1) is 18.9. The van der Waals surface area contributed by atoms with Crippen molar-refractivity contribution in [2.24, 2.45) is 63.4 Å². The van der Waals surface area contributed by atoms with E-state index in [1.807, 2.05) is 0 Å². The third kappa shape index (κ3) is 4.79. The van der Waals surface area contributed by atoms with Gasteiger partial charge in [0, 0.05) is 11.8 Å². The lowest BCUT2D eigenvalue weighted by Crippen LogP contribution is -2.62. The summed E-state index contributed by atoms with van der Waals surface area (Å²) in [6.45, 7) is 6.99. The number of Topliss-reactive ketones (excluding diaryl/α,β-unsaturated/α-hetero) is 1. The number of fused-ring (bicyclic) bond motifs is 5. The van der Waals surface area contributed by atoms with Crippen LogP contribution in [0.5, 0.6) is 0 Å². The second kappa shape index (κ2) is 11.2. The van der Waals surface area contributed by atoms with Crippen molar-refractivity contribution in [2.45, 2.75) is 129 Å². The van der Waals surface area contributed by atoms with Crippen molar-refractivity contribution < 1.29 is 30.0 Å². The number of ketones is 1. The van der Waals surface area contributed by atoms with Crippen LogP contribution in [0.3, 0.4) is 0 Å². The molecule has 0 aromatic heterocycles. The predicted molar refractivity (Wildman–Crippen MR) is 153 cm³/mol. The molecule has 5 rings (SSSR count). The highest BCUT2D eigenvalue weighted by atomic mass is 16.4. The van der Waals surface area contributed by atoms with E-state index in [2.05, 4.69) is 20.8 Å². The van der Waals surface area contributed by atoms with Gasteiger partial charge in [0.1, 0.15) is 11.7 Å². The number of aliphatic carboxylic acids is 1. The average Bonchev–Trinajstić information content (AvgIpc) is 3.27. The van der Waals surface area contributed by atoms with E-state index in [1.165, 1.54) is 0 Å². The van der Waals surface area contributed by atoms with Crippen LogP contribution in [-0.2, 0) is 9.59 Å². The molecule has 7 nitrogen and oxygen atoms in total. The van der Waals surface area contributed by atoms with Crippen molar-refractivity contribution in [3.05, 3.63) is 0 Å². The first kappa shape index (κ1) is 30.4. The van der Waals surface area contributed by atoms with Crippen molar-refractivity contribution in [2.75, 3.05) is 6.54 Å². The van der Waals surface area contributed by atoms with E-state index in [1.54, 1.807) is 0 Å². The Balaban J connectivity index is 1.30. The number of carboxylic acid groups (broad SMARTS) is 1. The molecule has 0 saturated heterocycles. The lowest BCUT2D eigenvalue weighted by Gasteiger charge is -2.63. The minimum atomic E-state index is -1.03. The fourth-order valence-electron chi connectivity index (χ4n) is 11.5. The molecule has 0 spiro atoms. The number of aliphatic hydroxyl groups excluding tert-OH is 3. The van der Waals surface area contributed by atoms with E-state index in [-0.39, 0.29) is 65.3 Å². The lowest BCUT2D eigenvalue weighted by atomic mass is 9.43. The summed E-state index contributed by atoms with van der Waals surface area (Å²) in [5, 5.41) is 43.8. The van der Waals surface area contributed by atoms with Crippen LogP contribution in [0.15, 0.2) is 0 Å². The third-order valence-corrected chi connectivity index (χ3v) is 13.8. The second-order valence-corrected chi connectivity index (χ2v) is 15.4. The molecule has 40 heavy (non-hydrogen) atoms. The van der Waals surface area contributed by atoms with Crippen LogP contribution in [0.2, 0.25) is 0 Å². The molecule has 12 atom stereocenters. The lowest BCUT2D eigenvalue weighted by molar-refractivity contribution is -0.207. The normalized spacial score (nSPS) is 46.0. The van der Waals surface area contributed by atoms with Gasteiger partial charge in [-0.15, -0.1) is 0 Å². The number of carbonyl (C=O) groups excluding carboxylic acids is 1. The minimum Gasteiger partial charge on any atom is -0.481 e. The number of hydrogen-bond acceptors (Lipinski definition) is 6. The summed E-state index contributed by atoms with van der Waals surface area (Å²) in [6.07, 6.45) is 9.97. The van der Waals surface area contributed by atoms with Gasteiger partial charge in [-0.25, -0.2) is 0 Å². The van der Waals surface area contributed by atoms with E-state index >= 15 is 0 Å². The molecule has 0 heterocycles. The molecule has 5 aliphatic carbocycles. The maximum Gasteiger partial charge on any atom is 0.314 e. The maximum absolute atomic E-state index is 13.5. The maximum atomic E-state index is 13.5. The van der Waals surface area contributed by atoms with Gasteiger partial charge in [0.2, 0.25) is 0 Å². The summed E-state index contributed by atoms with van der Waals surface area (Å²) in [6, 6.07) is 0. The monoisotopic (exact) mass is 561 g/mol. The van der Waals surface area contributed by atoms with Crippen LogP contribution >= 0.6 is 0 Å². The van der Waals surface area contributed by atoms with Gasteiger partial charge in [-0.2, -0.15) is 0 Å². The highest BCUT2D eigenvalue weighted by molar-refractivity contribution is 5.99. The molecule has 5 fully saturated rings. The first-order valence-corrected chi connectivity index (χ1v) is 16.4. The Labute approximate surface area is 240 Å². The van der Waals surface area contributed by atoms with Crippen LogP contribution in [0.1, 0.15) is 111 Å². The standard InChI is InChI=1S/C33H55NO6/c1-19(7-10-25(36)29(30(39)40)33(18-34)12-5-4-6-13-33)22-8-9-23-28-24(17-27(38)32(22,23)3)31(2)14-11-21(35)15-20(31)16-26(28)37/h19-24,26-29,35,37-38H,4-18,34H2,1-3H3,(H,39,40). The zero-order valence-corrected chi connectivity index (χ0v) is 25.1. The van der Waals surface area contributed by atoms with Gasteiger partial charge in [-0.05, 0) is 117 Å². The molecule has 7 heteroatoms. The summed E-state index contributed by atoms with van der Waals surface area (Å²) in [5.74, 6) is -0.877. The molecular weight excluding hydrogens is 506 g/mol. The SMILES string of the molecule is CC(CCC(=O)C(C(=O)O)C1(CN)CCCCC1)C1CCC2C3C(O)CC4CC(O)CCC4(C)C3CC(O)C12C. The Morgan fingerprint density at radius 1 is 0.925 bits per heavy atom. The third-order valence-electron chi connectivity index (χ3n) is 13.8. The second-order valence-electron chi connectivity index (χ2n) is 15.4. The smallest absolute Gasteiger partial charge is 0.314 e. The van der Waals surface area contributed by atoms with E-state index < -0.39 is 29.5 Å². The van der Waals surface area contributed by atoms with Crippen molar-refractivity contribution >= 4 is 11.8 Å². The molecule has 0 amide bonds. The zero-order valence-electron chi connectivity index (χ0n) is 25.1. The number of hydrogen-bond donors (Lipinski definition) is 5. The molecule has 5 saturated carbocycles. The number of carboxylic acids is 1. The first-order valence-electron chi connectivity index (χ1n) is 16.4. The van der Waals surface area contributed by atoms with Crippen molar-refractivity contribution in [3.8, 4) is 0 Å². The van der Waals surface area contributed by atoms with Gasteiger partial charge in [-0.1, -0.05) is 40.0 Å². The van der Waals surface area contributed by atoms with Crippen LogP contribution in [0.25, 0.3) is 0 Å².